The number of hydrogen-bond donors (Lipinski definition) is 3. The lowest BCUT2D eigenvalue weighted by Gasteiger charge is -2.28. The van der Waals surface area contributed by atoms with Crippen molar-refractivity contribution in [1.82, 2.24) is 4.98 Å². The monoisotopic (exact) mass is 263 g/mol. The van der Waals surface area contributed by atoms with Crippen LogP contribution in [0.2, 0.25) is 0 Å². The number of pyridine rings is 1. The Morgan fingerprint density at radius 1 is 1.53 bits per heavy atom. The molecule has 1 aliphatic rings. The maximum absolute atomic E-state index is 10.8. The summed E-state index contributed by atoms with van der Waals surface area (Å²) in [6.07, 6.45) is 7.54. The Morgan fingerprint density at radius 3 is 2.74 bits per heavy atom. The summed E-state index contributed by atoms with van der Waals surface area (Å²) in [5.41, 5.74) is 6.70. The standard InChI is InChI=1S/C14H21N3O2/c1-2-14(5-3-4-6-14)9-17-12-11(15)7-10(8-16-12)13(18)19/h7-8H,2-6,9,15H2,1H3,(H,16,17)(H,18,19). The van der Waals surface area contributed by atoms with Crippen molar-refractivity contribution in [2.75, 3.05) is 17.6 Å². The fourth-order valence-electron chi connectivity index (χ4n) is 2.80. The number of carboxylic acids is 1. The molecule has 1 aromatic rings. The van der Waals surface area contributed by atoms with E-state index < -0.39 is 5.97 Å². The van der Waals surface area contributed by atoms with Gasteiger partial charge in [-0.05, 0) is 30.7 Å². The summed E-state index contributed by atoms with van der Waals surface area (Å²) in [6.45, 7) is 3.07. The number of carbonyl (C=O) groups is 1. The molecule has 0 aromatic carbocycles. The molecule has 1 heterocycles. The minimum atomic E-state index is -1.01. The van der Waals surface area contributed by atoms with Gasteiger partial charge < -0.3 is 16.2 Å². The van der Waals surface area contributed by atoms with Crippen LogP contribution in [0, 0.1) is 5.41 Å². The van der Waals surface area contributed by atoms with Crippen molar-refractivity contribution < 1.29 is 9.90 Å². The van der Waals surface area contributed by atoms with Gasteiger partial charge in [0.1, 0.15) is 5.82 Å². The van der Waals surface area contributed by atoms with Crippen LogP contribution in [-0.4, -0.2) is 22.6 Å². The van der Waals surface area contributed by atoms with Crippen molar-refractivity contribution in [2.45, 2.75) is 39.0 Å². The first-order valence-corrected chi connectivity index (χ1v) is 6.79. The molecule has 1 saturated carbocycles. The van der Waals surface area contributed by atoms with Gasteiger partial charge in [0.05, 0.1) is 11.3 Å². The fourth-order valence-corrected chi connectivity index (χ4v) is 2.80. The van der Waals surface area contributed by atoms with Gasteiger partial charge in [-0.1, -0.05) is 19.8 Å². The van der Waals surface area contributed by atoms with Crippen molar-refractivity contribution in [2.24, 2.45) is 5.41 Å². The fraction of sp³-hybridized carbons (Fsp3) is 0.571. The van der Waals surface area contributed by atoms with E-state index in [0.29, 0.717) is 16.9 Å². The lowest BCUT2D eigenvalue weighted by molar-refractivity contribution is 0.0696. The molecule has 5 nitrogen and oxygen atoms in total. The normalized spacial score (nSPS) is 17.3. The quantitative estimate of drug-likeness (QED) is 0.760. The molecule has 0 bridgehead atoms. The Labute approximate surface area is 113 Å². The summed E-state index contributed by atoms with van der Waals surface area (Å²) in [5.74, 6) is -0.420. The zero-order valence-electron chi connectivity index (χ0n) is 11.3. The lowest BCUT2D eigenvalue weighted by atomic mass is 9.83. The van der Waals surface area contributed by atoms with E-state index >= 15 is 0 Å². The van der Waals surface area contributed by atoms with Gasteiger partial charge in [0.15, 0.2) is 0 Å². The maximum Gasteiger partial charge on any atom is 0.337 e. The molecule has 0 aliphatic heterocycles. The number of carboxylic acid groups (broad SMARTS) is 1. The third kappa shape index (κ3) is 2.97. The minimum Gasteiger partial charge on any atom is -0.478 e. The number of nitrogens with two attached hydrogens (primary N) is 1. The number of hydrogen-bond acceptors (Lipinski definition) is 4. The lowest BCUT2D eigenvalue weighted by Crippen LogP contribution is -2.26. The first-order valence-electron chi connectivity index (χ1n) is 6.79. The minimum absolute atomic E-state index is 0.120. The first kappa shape index (κ1) is 13.6. The first-order chi connectivity index (χ1) is 9.06. The molecule has 0 amide bonds. The van der Waals surface area contributed by atoms with Gasteiger partial charge in [-0.15, -0.1) is 0 Å². The van der Waals surface area contributed by atoms with Crippen LogP contribution in [0.25, 0.3) is 0 Å². The van der Waals surface area contributed by atoms with E-state index in [1.54, 1.807) is 0 Å². The summed E-state index contributed by atoms with van der Waals surface area (Å²) < 4.78 is 0. The number of nitrogen functional groups attached to an aromatic ring is 1. The highest BCUT2D eigenvalue weighted by molar-refractivity contribution is 5.89. The van der Waals surface area contributed by atoms with Crippen molar-refractivity contribution in [3.63, 3.8) is 0 Å². The van der Waals surface area contributed by atoms with Gasteiger partial charge in [-0.3, -0.25) is 0 Å². The van der Waals surface area contributed by atoms with Crippen LogP contribution in [0.4, 0.5) is 11.5 Å². The second-order valence-electron chi connectivity index (χ2n) is 5.38. The molecule has 4 N–H and O–H groups in total. The van der Waals surface area contributed by atoms with Crippen LogP contribution < -0.4 is 11.1 Å². The zero-order chi connectivity index (χ0) is 13.9. The molecule has 5 heteroatoms. The average molecular weight is 263 g/mol. The SMILES string of the molecule is CCC1(CNc2ncc(C(=O)O)cc2N)CCCC1. The van der Waals surface area contributed by atoms with Crippen LogP contribution in [0.5, 0.6) is 0 Å². The Hall–Kier alpha value is -1.78. The van der Waals surface area contributed by atoms with Gasteiger partial charge in [-0.2, -0.15) is 0 Å². The number of nitrogens with one attached hydrogen (secondary N) is 1. The smallest absolute Gasteiger partial charge is 0.337 e. The summed E-state index contributed by atoms with van der Waals surface area (Å²) in [7, 11) is 0. The van der Waals surface area contributed by atoms with Crippen molar-refractivity contribution in [1.29, 1.82) is 0 Å². The largest absolute Gasteiger partial charge is 0.478 e. The maximum atomic E-state index is 10.8. The Kier molecular flexibility index (Phi) is 3.93. The van der Waals surface area contributed by atoms with Gasteiger partial charge in [0.25, 0.3) is 0 Å². The predicted octanol–water partition coefficient (Wildman–Crippen LogP) is 2.74. The second-order valence-corrected chi connectivity index (χ2v) is 5.38. The molecular weight excluding hydrogens is 242 g/mol. The number of aromatic carboxylic acids is 1. The Morgan fingerprint density at radius 2 is 2.21 bits per heavy atom. The summed E-state index contributed by atoms with van der Waals surface area (Å²) in [4.78, 5) is 14.9. The van der Waals surface area contributed by atoms with Crippen LogP contribution in [0.15, 0.2) is 12.3 Å². The molecule has 104 valence electrons. The van der Waals surface area contributed by atoms with Gasteiger partial charge in [0.2, 0.25) is 0 Å². The molecule has 19 heavy (non-hydrogen) atoms. The molecule has 2 rings (SSSR count). The van der Waals surface area contributed by atoms with Crippen molar-refractivity contribution in [3.05, 3.63) is 17.8 Å². The molecular formula is C14H21N3O2. The molecule has 0 radical (unpaired) electrons. The van der Waals surface area contributed by atoms with E-state index in [4.69, 9.17) is 10.8 Å². The van der Waals surface area contributed by atoms with E-state index in [-0.39, 0.29) is 5.56 Å². The molecule has 0 atom stereocenters. The van der Waals surface area contributed by atoms with E-state index in [0.717, 1.165) is 13.0 Å². The molecule has 1 aliphatic carbocycles. The van der Waals surface area contributed by atoms with Crippen LogP contribution in [0.3, 0.4) is 0 Å². The van der Waals surface area contributed by atoms with E-state index in [2.05, 4.69) is 17.2 Å². The Bertz CT molecular complexity index is 468. The molecule has 0 spiro atoms. The van der Waals surface area contributed by atoms with Gasteiger partial charge in [0, 0.05) is 12.7 Å². The predicted molar refractivity (Wildman–Crippen MR) is 75.3 cm³/mol. The number of rotatable bonds is 5. The van der Waals surface area contributed by atoms with E-state index in [1.807, 2.05) is 0 Å². The molecule has 0 unspecified atom stereocenters. The Balaban J connectivity index is 2.05. The van der Waals surface area contributed by atoms with Crippen LogP contribution >= 0.6 is 0 Å². The third-order valence-corrected chi connectivity index (χ3v) is 4.21. The average Bonchev–Trinajstić information content (AvgIpc) is 2.86. The number of nitrogens with zero attached hydrogens (tertiary/aromatic N) is 1. The van der Waals surface area contributed by atoms with Crippen molar-refractivity contribution in [3.8, 4) is 0 Å². The highest BCUT2D eigenvalue weighted by Gasteiger charge is 2.31. The highest BCUT2D eigenvalue weighted by atomic mass is 16.4. The van der Waals surface area contributed by atoms with Gasteiger partial charge in [-0.25, -0.2) is 9.78 Å². The number of anilines is 2. The highest BCUT2D eigenvalue weighted by Crippen LogP contribution is 2.41. The van der Waals surface area contributed by atoms with E-state index in [9.17, 15) is 4.79 Å². The van der Waals surface area contributed by atoms with Gasteiger partial charge >= 0.3 is 5.97 Å². The third-order valence-electron chi connectivity index (χ3n) is 4.21. The zero-order valence-corrected chi connectivity index (χ0v) is 11.3. The summed E-state index contributed by atoms with van der Waals surface area (Å²) in [5, 5.41) is 12.1. The topological polar surface area (TPSA) is 88.2 Å². The van der Waals surface area contributed by atoms with Crippen molar-refractivity contribution >= 4 is 17.5 Å². The second kappa shape index (κ2) is 5.47. The molecule has 1 fully saturated rings. The van der Waals surface area contributed by atoms with E-state index in [1.165, 1.54) is 37.9 Å². The summed E-state index contributed by atoms with van der Waals surface area (Å²) >= 11 is 0. The summed E-state index contributed by atoms with van der Waals surface area (Å²) in [6, 6.07) is 1.45. The van der Waals surface area contributed by atoms with Crippen LogP contribution in [0.1, 0.15) is 49.4 Å². The molecule has 0 saturated heterocycles. The molecule has 1 aromatic heterocycles. The van der Waals surface area contributed by atoms with Crippen LogP contribution in [-0.2, 0) is 0 Å². The number of aromatic nitrogens is 1.